The van der Waals surface area contributed by atoms with Gasteiger partial charge in [-0.05, 0) is 6.42 Å². The third-order valence-corrected chi connectivity index (χ3v) is 4.71. The Bertz CT molecular complexity index is 551. The topological polar surface area (TPSA) is 107 Å². The van der Waals surface area contributed by atoms with Crippen LogP contribution < -0.4 is 11.1 Å². The van der Waals surface area contributed by atoms with Gasteiger partial charge in [-0.1, -0.05) is 0 Å². The van der Waals surface area contributed by atoms with Gasteiger partial charge in [-0.15, -0.1) is 0 Å². The summed E-state index contributed by atoms with van der Waals surface area (Å²) in [5.74, 6) is -0.247. The third kappa shape index (κ3) is 2.88. The summed E-state index contributed by atoms with van der Waals surface area (Å²) >= 11 is 0. The number of carbonyl (C=O) groups excluding carboxylic acids is 1. The second-order valence-corrected chi connectivity index (χ2v) is 6.76. The molecule has 2 heterocycles. The van der Waals surface area contributed by atoms with Crippen LogP contribution in [0.5, 0.6) is 0 Å². The zero-order valence-corrected chi connectivity index (χ0v) is 10.9. The monoisotopic (exact) mass is 272 g/mol. The predicted octanol–water partition coefficient (Wildman–Crippen LogP) is -1.28. The van der Waals surface area contributed by atoms with Gasteiger partial charge in [0.25, 0.3) is 0 Å². The number of nitrogens with zero attached hydrogens (tertiary/aromatic N) is 2. The molecular weight excluding hydrogens is 256 g/mol. The zero-order chi connectivity index (χ0) is 13.3. The van der Waals surface area contributed by atoms with E-state index >= 15 is 0 Å². The standard InChI is InChI=1S/C10H16N4O3S/c1-14-5-7(4-12-14)9(11)10(15)13-8-2-3-18(16,17)6-8/h4-5,8-9H,2-3,6,11H2,1H3,(H,13,15). The van der Waals surface area contributed by atoms with E-state index in [0.29, 0.717) is 12.0 Å². The van der Waals surface area contributed by atoms with Gasteiger partial charge in [0.1, 0.15) is 6.04 Å². The molecule has 2 atom stereocenters. The van der Waals surface area contributed by atoms with Crippen molar-refractivity contribution in [2.45, 2.75) is 18.5 Å². The van der Waals surface area contributed by atoms with Crippen molar-refractivity contribution in [2.24, 2.45) is 12.8 Å². The van der Waals surface area contributed by atoms with E-state index in [0.717, 1.165) is 0 Å². The van der Waals surface area contributed by atoms with Crippen molar-refractivity contribution in [3.05, 3.63) is 18.0 Å². The van der Waals surface area contributed by atoms with Gasteiger partial charge in [0.05, 0.1) is 17.7 Å². The van der Waals surface area contributed by atoms with Gasteiger partial charge in [0.15, 0.2) is 9.84 Å². The lowest BCUT2D eigenvalue weighted by molar-refractivity contribution is -0.123. The Morgan fingerprint density at radius 3 is 2.89 bits per heavy atom. The van der Waals surface area contributed by atoms with Crippen LogP contribution in [-0.4, -0.2) is 41.7 Å². The van der Waals surface area contributed by atoms with E-state index in [1.807, 2.05) is 0 Å². The first kappa shape index (κ1) is 13.0. The molecule has 3 N–H and O–H groups in total. The van der Waals surface area contributed by atoms with E-state index in [9.17, 15) is 13.2 Å². The van der Waals surface area contributed by atoms with E-state index in [-0.39, 0.29) is 23.5 Å². The van der Waals surface area contributed by atoms with Crippen LogP contribution in [0.1, 0.15) is 18.0 Å². The molecule has 1 aromatic rings. The highest BCUT2D eigenvalue weighted by Gasteiger charge is 2.30. The number of amides is 1. The maximum absolute atomic E-state index is 11.9. The minimum absolute atomic E-state index is 0.00149. The number of rotatable bonds is 3. The molecule has 0 aromatic carbocycles. The highest BCUT2D eigenvalue weighted by molar-refractivity contribution is 7.91. The van der Waals surface area contributed by atoms with E-state index in [1.165, 1.54) is 6.20 Å². The molecule has 2 unspecified atom stereocenters. The summed E-state index contributed by atoms with van der Waals surface area (Å²) in [6.45, 7) is 0. The van der Waals surface area contributed by atoms with E-state index < -0.39 is 15.9 Å². The first-order chi connectivity index (χ1) is 8.37. The van der Waals surface area contributed by atoms with E-state index in [4.69, 9.17) is 5.73 Å². The molecule has 0 saturated carbocycles. The lowest BCUT2D eigenvalue weighted by atomic mass is 10.1. The lowest BCUT2D eigenvalue weighted by Crippen LogP contribution is -2.41. The number of aromatic nitrogens is 2. The van der Waals surface area contributed by atoms with E-state index in [2.05, 4.69) is 10.4 Å². The SMILES string of the molecule is Cn1cc(C(N)C(=O)NC2CCS(=O)(=O)C2)cn1. The highest BCUT2D eigenvalue weighted by Crippen LogP contribution is 2.14. The molecule has 1 amide bonds. The molecular formula is C10H16N4O3S. The van der Waals surface area contributed by atoms with E-state index in [1.54, 1.807) is 17.9 Å². The van der Waals surface area contributed by atoms with Crippen LogP contribution in [0.15, 0.2) is 12.4 Å². The second-order valence-electron chi connectivity index (χ2n) is 4.53. The summed E-state index contributed by atoms with van der Waals surface area (Å²) in [5.41, 5.74) is 6.39. The van der Waals surface area contributed by atoms with Crippen molar-refractivity contribution >= 4 is 15.7 Å². The molecule has 0 radical (unpaired) electrons. The minimum atomic E-state index is -3.00. The van der Waals surface area contributed by atoms with Gasteiger partial charge in [0.2, 0.25) is 5.91 Å². The number of nitrogens with two attached hydrogens (primary N) is 1. The highest BCUT2D eigenvalue weighted by atomic mass is 32.2. The van der Waals surface area contributed by atoms with Crippen LogP contribution in [0, 0.1) is 0 Å². The molecule has 18 heavy (non-hydrogen) atoms. The molecule has 1 aromatic heterocycles. The van der Waals surface area contributed by atoms with Crippen LogP contribution >= 0.6 is 0 Å². The number of hydrogen-bond acceptors (Lipinski definition) is 5. The molecule has 0 spiro atoms. The first-order valence-electron chi connectivity index (χ1n) is 5.62. The first-order valence-corrected chi connectivity index (χ1v) is 7.44. The van der Waals surface area contributed by atoms with Gasteiger partial charge >= 0.3 is 0 Å². The van der Waals surface area contributed by atoms with Crippen molar-refractivity contribution < 1.29 is 13.2 Å². The molecule has 1 fully saturated rings. The minimum Gasteiger partial charge on any atom is -0.351 e. The molecule has 8 heteroatoms. The molecule has 2 rings (SSSR count). The van der Waals surface area contributed by atoms with Crippen molar-refractivity contribution in [3.63, 3.8) is 0 Å². The fourth-order valence-corrected chi connectivity index (χ4v) is 3.63. The Morgan fingerprint density at radius 2 is 2.39 bits per heavy atom. The normalized spacial score (nSPS) is 23.8. The van der Waals surface area contributed by atoms with Crippen molar-refractivity contribution in [3.8, 4) is 0 Å². The largest absolute Gasteiger partial charge is 0.351 e. The molecule has 0 bridgehead atoms. The average Bonchev–Trinajstić information content (AvgIpc) is 2.84. The second kappa shape index (κ2) is 4.69. The van der Waals surface area contributed by atoms with Gasteiger partial charge in [0, 0.05) is 24.8 Å². The van der Waals surface area contributed by atoms with Crippen LogP contribution in [0.3, 0.4) is 0 Å². The van der Waals surface area contributed by atoms with Gasteiger partial charge in [-0.3, -0.25) is 9.48 Å². The number of nitrogens with one attached hydrogen (secondary N) is 1. The zero-order valence-electron chi connectivity index (χ0n) is 10.0. The summed E-state index contributed by atoms with van der Waals surface area (Å²) < 4.78 is 24.1. The maximum atomic E-state index is 11.9. The Kier molecular flexibility index (Phi) is 3.40. The number of hydrogen-bond donors (Lipinski definition) is 2. The van der Waals surface area contributed by atoms with Crippen LogP contribution in [0.2, 0.25) is 0 Å². The van der Waals surface area contributed by atoms with Gasteiger partial charge in [-0.2, -0.15) is 5.10 Å². The van der Waals surface area contributed by atoms with Gasteiger partial charge in [-0.25, -0.2) is 8.42 Å². The smallest absolute Gasteiger partial charge is 0.241 e. The molecule has 1 saturated heterocycles. The number of carbonyl (C=O) groups is 1. The fraction of sp³-hybridized carbons (Fsp3) is 0.600. The van der Waals surface area contributed by atoms with Gasteiger partial charge < -0.3 is 11.1 Å². The average molecular weight is 272 g/mol. The van der Waals surface area contributed by atoms with Crippen LogP contribution in [0.4, 0.5) is 0 Å². The lowest BCUT2D eigenvalue weighted by Gasteiger charge is -2.14. The Labute approximate surface area is 105 Å². The Hall–Kier alpha value is -1.41. The summed E-state index contributed by atoms with van der Waals surface area (Å²) in [6, 6.07) is -1.15. The molecule has 0 aliphatic carbocycles. The molecule has 1 aliphatic heterocycles. The summed E-state index contributed by atoms with van der Waals surface area (Å²) in [4.78, 5) is 11.9. The predicted molar refractivity (Wildman–Crippen MR) is 65.3 cm³/mol. The molecule has 100 valence electrons. The number of aryl methyl sites for hydroxylation is 1. The van der Waals surface area contributed by atoms with Crippen LogP contribution in [-0.2, 0) is 21.7 Å². The quantitative estimate of drug-likeness (QED) is 0.713. The summed E-state index contributed by atoms with van der Waals surface area (Å²) in [7, 11) is -1.27. The van der Waals surface area contributed by atoms with Crippen molar-refractivity contribution in [1.29, 1.82) is 0 Å². The third-order valence-electron chi connectivity index (χ3n) is 2.95. The van der Waals surface area contributed by atoms with Crippen molar-refractivity contribution in [1.82, 2.24) is 15.1 Å². The maximum Gasteiger partial charge on any atom is 0.241 e. The Balaban J connectivity index is 1.96. The molecule has 1 aliphatic rings. The van der Waals surface area contributed by atoms with Crippen molar-refractivity contribution in [2.75, 3.05) is 11.5 Å². The summed E-state index contributed by atoms with van der Waals surface area (Å²) in [5, 5.41) is 6.60. The fourth-order valence-electron chi connectivity index (χ4n) is 1.95. The number of sulfone groups is 1. The summed E-state index contributed by atoms with van der Waals surface area (Å²) in [6.07, 6.45) is 3.64. The Morgan fingerprint density at radius 1 is 1.67 bits per heavy atom. The molecule has 7 nitrogen and oxygen atoms in total. The van der Waals surface area contributed by atoms with Crippen LogP contribution in [0.25, 0.3) is 0 Å².